The number of allylic oxidation sites excluding steroid dienone is 1. The Morgan fingerprint density at radius 3 is 2.70 bits per heavy atom. The number of nitrogens with zero attached hydrogens (tertiary/aromatic N) is 2. The number of benzene rings is 2. The van der Waals surface area contributed by atoms with Crippen LogP contribution in [0.5, 0.6) is 23.1 Å². The first-order chi connectivity index (χ1) is 14.6. The van der Waals surface area contributed by atoms with Crippen molar-refractivity contribution in [2.75, 3.05) is 13.7 Å². The van der Waals surface area contributed by atoms with E-state index in [9.17, 15) is 10.4 Å². The van der Waals surface area contributed by atoms with Crippen LogP contribution in [0.2, 0.25) is 0 Å². The number of nitrogens with two attached hydrogens (primary N) is 1. The van der Waals surface area contributed by atoms with Gasteiger partial charge in [0.05, 0.1) is 30.9 Å². The molecule has 1 aliphatic heterocycles. The maximum Gasteiger partial charge on any atom is 0.244 e. The molecule has 1 aliphatic rings. The zero-order chi connectivity index (χ0) is 21.3. The third kappa shape index (κ3) is 3.16. The zero-order valence-electron chi connectivity index (χ0n) is 16.5. The predicted molar refractivity (Wildman–Crippen MR) is 109 cm³/mol. The van der Waals surface area contributed by atoms with Gasteiger partial charge in [-0.05, 0) is 48.9 Å². The van der Waals surface area contributed by atoms with Crippen LogP contribution in [0.25, 0.3) is 11.3 Å². The van der Waals surface area contributed by atoms with E-state index in [-0.39, 0.29) is 17.2 Å². The summed E-state index contributed by atoms with van der Waals surface area (Å²) in [6.07, 6.45) is 0. The first-order valence-electron chi connectivity index (χ1n) is 9.33. The standard InChI is InChI=1S/C22H20N4O4/c1-3-29-14-7-4-12(5-8-14)20-19-18(13-6-9-16(27)17(10-13)28-2)15(11-23)21(24)30-22(19)26-25-20/h4-10,18,27H,3,24H2,1-2H3,(H,25,26)/t18-/m1/s1. The van der Waals surface area contributed by atoms with Gasteiger partial charge in [-0.1, -0.05) is 6.07 Å². The first-order valence-corrected chi connectivity index (χ1v) is 9.33. The molecule has 4 N–H and O–H groups in total. The predicted octanol–water partition coefficient (Wildman–Crippen LogP) is 3.41. The number of phenolic OH excluding ortho intramolecular Hbond substituents is 1. The average molecular weight is 404 g/mol. The lowest BCUT2D eigenvalue weighted by atomic mass is 9.83. The molecule has 0 amide bonds. The first kappa shape index (κ1) is 19.2. The topological polar surface area (TPSA) is 126 Å². The average Bonchev–Trinajstić information content (AvgIpc) is 3.17. The van der Waals surface area contributed by atoms with Gasteiger partial charge in [-0.25, -0.2) is 0 Å². The number of aromatic nitrogens is 2. The third-order valence-electron chi connectivity index (χ3n) is 4.93. The van der Waals surface area contributed by atoms with Crippen molar-refractivity contribution in [1.82, 2.24) is 10.2 Å². The number of aromatic hydroxyl groups is 1. The van der Waals surface area contributed by atoms with Gasteiger partial charge < -0.3 is 25.1 Å². The Hall–Kier alpha value is -4.12. The SMILES string of the molecule is CCOc1ccc(-c2[nH]nc3c2[C@H](c2ccc(O)c(OC)c2)C(C#N)=C(N)O3)cc1. The van der Waals surface area contributed by atoms with Gasteiger partial charge in [0.25, 0.3) is 0 Å². The molecule has 8 nitrogen and oxygen atoms in total. The Balaban J connectivity index is 1.88. The fourth-order valence-corrected chi connectivity index (χ4v) is 3.56. The summed E-state index contributed by atoms with van der Waals surface area (Å²) in [5.74, 6) is 0.797. The lowest BCUT2D eigenvalue weighted by Crippen LogP contribution is -2.21. The Morgan fingerprint density at radius 1 is 1.27 bits per heavy atom. The van der Waals surface area contributed by atoms with E-state index in [1.54, 1.807) is 12.1 Å². The molecule has 2 aromatic carbocycles. The van der Waals surface area contributed by atoms with E-state index in [4.69, 9.17) is 19.9 Å². The number of hydrogen-bond acceptors (Lipinski definition) is 7. The van der Waals surface area contributed by atoms with Crippen LogP contribution in [0.1, 0.15) is 24.0 Å². The number of methoxy groups -OCH3 is 1. The molecule has 152 valence electrons. The Kier molecular flexibility index (Phi) is 4.94. The molecule has 30 heavy (non-hydrogen) atoms. The molecule has 1 aromatic heterocycles. The summed E-state index contributed by atoms with van der Waals surface area (Å²) in [4.78, 5) is 0. The number of hydrogen-bond donors (Lipinski definition) is 3. The minimum Gasteiger partial charge on any atom is -0.504 e. The highest BCUT2D eigenvalue weighted by Crippen LogP contribution is 2.46. The Morgan fingerprint density at radius 2 is 2.03 bits per heavy atom. The summed E-state index contributed by atoms with van der Waals surface area (Å²) in [6.45, 7) is 2.50. The molecule has 0 aliphatic carbocycles. The largest absolute Gasteiger partial charge is 0.504 e. The van der Waals surface area contributed by atoms with Crippen LogP contribution in [0.3, 0.4) is 0 Å². The van der Waals surface area contributed by atoms with Crippen LogP contribution in [0.4, 0.5) is 0 Å². The van der Waals surface area contributed by atoms with Crippen LogP contribution >= 0.6 is 0 Å². The molecule has 0 saturated heterocycles. The van der Waals surface area contributed by atoms with Gasteiger partial charge in [0.1, 0.15) is 17.4 Å². The number of nitriles is 1. The van der Waals surface area contributed by atoms with E-state index in [2.05, 4.69) is 16.3 Å². The van der Waals surface area contributed by atoms with Crippen LogP contribution in [0, 0.1) is 11.3 Å². The normalized spacial score (nSPS) is 15.2. The van der Waals surface area contributed by atoms with Crippen molar-refractivity contribution in [1.29, 1.82) is 5.26 Å². The lowest BCUT2D eigenvalue weighted by molar-refractivity contribution is 0.340. The molecule has 0 spiro atoms. The smallest absolute Gasteiger partial charge is 0.244 e. The lowest BCUT2D eigenvalue weighted by Gasteiger charge is -2.24. The van der Waals surface area contributed by atoms with E-state index in [1.165, 1.54) is 13.2 Å². The summed E-state index contributed by atoms with van der Waals surface area (Å²) in [7, 11) is 1.47. The molecule has 0 bridgehead atoms. The van der Waals surface area contributed by atoms with Gasteiger partial charge >= 0.3 is 0 Å². The highest BCUT2D eigenvalue weighted by Gasteiger charge is 2.36. The maximum absolute atomic E-state index is 9.98. The second kappa shape index (κ2) is 7.72. The molecule has 0 fully saturated rings. The molecule has 1 atom stereocenters. The molecule has 8 heteroatoms. The second-order valence-electron chi connectivity index (χ2n) is 6.63. The summed E-state index contributed by atoms with van der Waals surface area (Å²) in [5.41, 5.74) is 9.21. The molecule has 0 unspecified atom stereocenters. The minimum absolute atomic E-state index is 0.00271. The summed E-state index contributed by atoms with van der Waals surface area (Å²) in [6, 6.07) is 14.6. The fourth-order valence-electron chi connectivity index (χ4n) is 3.56. The van der Waals surface area contributed by atoms with Gasteiger partial charge in [0.15, 0.2) is 11.5 Å². The van der Waals surface area contributed by atoms with E-state index in [0.29, 0.717) is 35.1 Å². The summed E-state index contributed by atoms with van der Waals surface area (Å²) in [5, 5.41) is 27.0. The van der Waals surface area contributed by atoms with Crippen molar-refractivity contribution in [3.8, 4) is 40.5 Å². The van der Waals surface area contributed by atoms with E-state index < -0.39 is 5.92 Å². The molecule has 0 radical (unpaired) electrons. The van der Waals surface area contributed by atoms with E-state index in [1.807, 2.05) is 31.2 Å². The number of fused-ring (bicyclic) bond motifs is 1. The van der Waals surface area contributed by atoms with Crippen LogP contribution in [-0.4, -0.2) is 29.0 Å². The Labute approximate surface area is 173 Å². The second-order valence-corrected chi connectivity index (χ2v) is 6.63. The number of rotatable bonds is 5. The highest BCUT2D eigenvalue weighted by molar-refractivity contribution is 5.71. The van der Waals surface area contributed by atoms with Gasteiger partial charge in [0, 0.05) is 5.56 Å². The van der Waals surface area contributed by atoms with Crippen molar-refractivity contribution in [2.24, 2.45) is 5.73 Å². The van der Waals surface area contributed by atoms with Gasteiger partial charge in [0.2, 0.25) is 11.8 Å². The van der Waals surface area contributed by atoms with Crippen molar-refractivity contribution in [3.63, 3.8) is 0 Å². The molecule has 0 saturated carbocycles. The zero-order valence-corrected chi connectivity index (χ0v) is 16.5. The summed E-state index contributed by atoms with van der Waals surface area (Å²) < 4.78 is 16.4. The van der Waals surface area contributed by atoms with Crippen LogP contribution in [0.15, 0.2) is 53.9 Å². The van der Waals surface area contributed by atoms with Crippen LogP contribution in [-0.2, 0) is 0 Å². The number of H-pyrrole nitrogens is 1. The number of phenols is 1. The fraction of sp³-hybridized carbons (Fsp3) is 0.182. The maximum atomic E-state index is 9.98. The highest BCUT2D eigenvalue weighted by atomic mass is 16.5. The van der Waals surface area contributed by atoms with Crippen molar-refractivity contribution in [2.45, 2.75) is 12.8 Å². The number of aromatic amines is 1. The summed E-state index contributed by atoms with van der Waals surface area (Å²) >= 11 is 0. The molecule has 4 rings (SSSR count). The number of ether oxygens (including phenoxy) is 3. The van der Waals surface area contributed by atoms with Crippen molar-refractivity contribution < 1.29 is 19.3 Å². The third-order valence-corrected chi connectivity index (χ3v) is 4.93. The monoisotopic (exact) mass is 404 g/mol. The van der Waals surface area contributed by atoms with E-state index in [0.717, 1.165) is 11.3 Å². The molecular formula is C22H20N4O4. The quantitative estimate of drug-likeness (QED) is 0.595. The van der Waals surface area contributed by atoms with Gasteiger partial charge in [-0.2, -0.15) is 5.26 Å². The number of nitrogens with one attached hydrogen (secondary N) is 1. The van der Waals surface area contributed by atoms with Crippen molar-refractivity contribution in [3.05, 3.63) is 65.0 Å². The van der Waals surface area contributed by atoms with Crippen LogP contribution < -0.4 is 19.9 Å². The molecular weight excluding hydrogens is 384 g/mol. The molecule has 3 aromatic rings. The van der Waals surface area contributed by atoms with Gasteiger partial charge in [-0.3, -0.25) is 5.10 Å². The minimum atomic E-state index is -0.548. The van der Waals surface area contributed by atoms with Gasteiger partial charge in [-0.15, -0.1) is 5.10 Å². The molecule has 2 heterocycles. The van der Waals surface area contributed by atoms with Crippen molar-refractivity contribution >= 4 is 0 Å². The Bertz CT molecular complexity index is 1160. The van der Waals surface area contributed by atoms with E-state index >= 15 is 0 Å².